The highest BCUT2D eigenvalue weighted by atomic mass is 16.6. The first-order valence-corrected chi connectivity index (χ1v) is 34.7. The Morgan fingerprint density at radius 3 is 0.714 bits per heavy atom. The first kappa shape index (κ1) is 79.3. The van der Waals surface area contributed by atoms with Crippen LogP contribution in [-0.2, 0) is 19.1 Å². The monoisotopic (exact) mass is 1160 g/mol. The molecule has 5 heteroatoms. The van der Waals surface area contributed by atoms with Crippen molar-refractivity contribution in [1.29, 1.82) is 0 Å². The number of unbranched alkanes of at least 4 members (excludes halogenated alkanes) is 26. The first-order valence-electron chi connectivity index (χ1n) is 34.7. The molecule has 84 heavy (non-hydrogen) atoms. The van der Waals surface area contributed by atoms with E-state index in [1.54, 1.807) is 0 Å². The van der Waals surface area contributed by atoms with Crippen LogP contribution in [0, 0.1) is 0 Å². The Kier molecular flexibility index (Phi) is 68.4. The van der Waals surface area contributed by atoms with E-state index < -0.39 is 6.10 Å². The summed E-state index contributed by atoms with van der Waals surface area (Å²) >= 11 is 0. The van der Waals surface area contributed by atoms with E-state index in [-0.39, 0.29) is 25.2 Å². The summed E-state index contributed by atoms with van der Waals surface area (Å²) in [7, 11) is 0. The molecular formula is C79H128O5. The number of esters is 2. The van der Waals surface area contributed by atoms with Gasteiger partial charge in [-0.05, 0) is 128 Å². The summed E-state index contributed by atoms with van der Waals surface area (Å²) in [5, 5.41) is 9.70. The lowest BCUT2D eigenvalue weighted by atomic mass is 10.0. The number of allylic oxidation sites excluding steroid dienone is 28. The van der Waals surface area contributed by atoms with Gasteiger partial charge in [0.15, 0.2) is 6.10 Å². The Bertz CT molecular complexity index is 1840. The number of ether oxygens (including phenoxy) is 2. The minimum atomic E-state index is -0.786. The average molecular weight is 1160 g/mol. The number of aliphatic hydroxyl groups excluding tert-OH is 1. The smallest absolute Gasteiger partial charge is 0.306 e. The predicted molar refractivity (Wildman–Crippen MR) is 370 cm³/mol. The predicted octanol–water partition coefficient (Wildman–Crippen LogP) is 24.4. The van der Waals surface area contributed by atoms with Crippen molar-refractivity contribution in [3.05, 3.63) is 170 Å². The van der Waals surface area contributed by atoms with E-state index in [1.807, 2.05) is 0 Å². The van der Waals surface area contributed by atoms with Gasteiger partial charge in [-0.2, -0.15) is 0 Å². The zero-order valence-electron chi connectivity index (χ0n) is 54.4. The summed E-state index contributed by atoms with van der Waals surface area (Å²) in [6.45, 7) is 3.92. The van der Waals surface area contributed by atoms with Crippen LogP contribution < -0.4 is 0 Å². The first-order chi connectivity index (χ1) is 41.6. The van der Waals surface area contributed by atoms with E-state index >= 15 is 0 Å². The second-order valence-corrected chi connectivity index (χ2v) is 22.5. The Labute approximate surface area is 519 Å². The average Bonchev–Trinajstić information content (AvgIpc) is 3.51. The number of rotatable bonds is 62. The number of hydrogen-bond donors (Lipinski definition) is 1. The Morgan fingerprint density at radius 1 is 0.274 bits per heavy atom. The standard InChI is InChI=1S/C79H128O5/c1-3-5-7-9-11-13-15-17-19-21-23-25-27-29-31-33-34-35-36-37-38-39-40-41-42-43-44-46-48-50-52-54-56-58-60-62-64-66-68-70-72-74-79(82)84-77(75-80)76-83-78(81)73-71-69-67-65-63-61-59-57-55-53-51-49-47-45-32-30-28-26-24-22-20-18-16-14-12-10-8-6-4-2/h5-8,11-14,17-20,23-26,29-32,34-35,37-38,40-41,47,49,77,80H,3-4,9-10,15-16,21-22,27-28,33,36,39,42-46,48,50-76H2,1-2H3/b7-5-,8-6-,13-11-,14-12-,19-17-,20-18-,25-23-,26-24-,31-29-,32-30-,35-34-,38-37-,41-40-,49-47-. The van der Waals surface area contributed by atoms with Crippen LogP contribution in [-0.4, -0.2) is 36.4 Å². The van der Waals surface area contributed by atoms with Gasteiger partial charge in [-0.25, -0.2) is 0 Å². The third-order valence-corrected chi connectivity index (χ3v) is 14.5. The van der Waals surface area contributed by atoms with Crippen molar-refractivity contribution in [2.45, 2.75) is 302 Å². The van der Waals surface area contributed by atoms with Crippen molar-refractivity contribution in [2.75, 3.05) is 13.2 Å². The number of aliphatic hydroxyl groups is 1. The van der Waals surface area contributed by atoms with Crippen LogP contribution in [0.15, 0.2) is 170 Å². The molecule has 0 amide bonds. The van der Waals surface area contributed by atoms with E-state index in [2.05, 4.69) is 184 Å². The highest BCUT2D eigenvalue weighted by Gasteiger charge is 2.16. The molecule has 0 saturated carbocycles. The molecule has 0 aromatic rings. The zero-order valence-corrected chi connectivity index (χ0v) is 54.4. The molecule has 0 aromatic heterocycles. The lowest BCUT2D eigenvalue weighted by molar-refractivity contribution is -0.161. The number of carbonyl (C=O) groups is 2. The van der Waals surface area contributed by atoms with Gasteiger partial charge in [0.05, 0.1) is 6.61 Å². The molecule has 0 aliphatic rings. The molecule has 0 aliphatic heterocycles. The molecule has 0 saturated heterocycles. The molecule has 0 rings (SSSR count). The summed E-state index contributed by atoms with van der Waals surface area (Å²) in [4.78, 5) is 24.7. The highest BCUT2D eigenvalue weighted by molar-refractivity contribution is 5.70. The number of hydrogen-bond acceptors (Lipinski definition) is 5. The van der Waals surface area contributed by atoms with Crippen molar-refractivity contribution in [2.24, 2.45) is 0 Å². The minimum absolute atomic E-state index is 0.0751. The Morgan fingerprint density at radius 2 is 0.476 bits per heavy atom. The fourth-order valence-electron chi connectivity index (χ4n) is 9.40. The lowest BCUT2D eigenvalue weighted by Gasteiger charge is -2.15. The van der Waals surface area contributed by atoms with Crippen molar-refractivity contribution in [3.63, 3.8) is 0 Å². The molecule has 5 nitrogen and oxygen atoms in total. The molecule has 0 aliphatic carbocycles. The van der Waals surface area contributed by atoms with Gasteiger partial charge in [-0.1, -0.05) is 325 Å². The van der Waals surface area contributed by atoms with Gasteiger partial charge >= 0.3 is 11.9 Å². The second kappa shape index (κ2) is 72.5. The van der Waals surface area contributed by atoms with Crippen LogP contribution >= 0.6 is 0 Å². The van der Waals surface area contributed by atoms with Crippen molar-refractivity contribution < 1.29 is 24.2 Å². The molecular weight excluding hydrogens is 1030 g/mol. The lowest BCUT2D eigenvalue weighted by Crippen LogP contribution is -2.28. The molecule has 1 N–H and O–H groups in total. The SMILES string of the molecule is CC/C=C\C/C=C\C/C=C\C/C=C\C/C=C\C/C=C\C/C=C\C/C=C\CCCCCCCCCCCCCCCCCCC(=O)OC(CO)COC(=O)CCCCCCCCCCCC/C=C\C/C=C\C/C=C\C/C=C\C/C=C\C/C=C\CC. The summed E-state index contributed by atoms with van der Waals surface area (Å²) in [5.41, 5.74) is 0. The van der Waals surface area contributed by atoms with Crippen molar-refractivity contribution >= 4 is 11.9 Å². The van der Waals surface area contributed by atoms with E-state index in [0.29, 0.717) is 12.8 Å². The van der Waals surface area contributed by atoms with Crippen LogP contribution in [0.3, 0.4) is 0 Å². The van der Waals surface area contributed by atoms with Crippen LogP contribution in [0.25, 0.3) is 0 Å². The summed E-state index contributed by atoms with van der Waals surface area (Å²) in [6, 6.07) is 0. The third-order valence-electron chi connectivity index (χ3n) is 14.5. The largest absolute Gasteiger partial charge is 0.462 e. The van der Waals surface area contributed by atoms with Crippen molar-refractivity contribution in [3.8, 4) is 0 Å². The van der Waals surface area contributed by atoms with Gasteiger partial charge in [-0.15, -0.1) is 0 Å². The zero-order chi connectivity index (χ0) is 60.5. The summed E-state index contributed by atoms with van der Waals surface area (Å²) in [5.74, 6) is -0.597. The molecule has 1 atom stereocenters. The fourth-order valence-corrected chi connectivity index (χ4v) is 9.40. The quantitative estimate of drug-likeness (QED) is 0.0373. The minimum Gasteiger partial charge on any atom is -0.462 e. The molecule has 0 bridgehead atoms. The Hall–Kier alpha value is -4.74. The molecule has 1 unspecified atom stereocenters. The second-order valence-electron chi connectivity index (χ2n) is 22.5. The fraction of sp³-hybridized carbons (Fsp3) is 0.620. The molecule has 0 aromatic carbocycles. The topological polar surface area (TPSA) is 72.8 Å². The molecule has 0 fully saturated rings. The molecule has 474 valence electrons. The van der Waals surface area contributed by atoms with Crippen LogP contribution in [0.5, 0.6) is 0 Å². The normalized spacial score (nSPS) is 13.3. The van der Waals surface area contributed by atoms with Gasteiger partial charge in [0.25, 0.3) is 0 Å². The maximum absolute atomic E-state index is 12.4. The molecule has 0 heterocycles. The number of carbonyl (C=O) groups excluding carboxylic acids is 2. The van der Waals surface area contributed by atoms with E-state index in [9.17, 15) is 14.7 Å². The van der Waals surface area contributed by atoms with E-state index in [4.69, 9.17) is 9.47 Å². The van der Waals surface area contributed by atoms with E-state index in [1.165, 1.54) is 141 Å². The molecule has 0 spiro atoms. The van der Waals surface area contributed by atoms with Gasteiger partial charge in [0.2, 0.25) is 0 Å². The highest BCUT2D eigenvalue weighted by Crippen LogP contribution is 2.16. The van der Waals surface area contributed by atoms with Gasteiger partial charge in [0, 0.05) is 12.8 Å². The molecule has 0 radical (unpaired) electrons. The summed E-state index contributed by atoms with van der Waals surface area (Å²) < 4.78 is 10.8. The van der Waals surface area contributed by atoms with Gasteiger partial charge in [-0.3, -0.25) is 9.59 Å². The van der Waals surface area contributed by atoms with Crippen LogP contribution in [0.4, 0.5) is 0 Å². The van der Waals surface area contributed by atoms with Crippen molar-refractivity contribution in [1.82, 2.24) is 0 Å². The van der Waals surface area contributed by atoms with Gasteiger partial charge in [0.1, 0.15) is 6.61 Å². The summed E-state index contributed by atoms with van der Waals surface area (Å²) in [6.07, 6.45) is 112. The Balaban J connectivity index is 3.52. The maximum Gasteiger partial charge on any atom is 0.306 e. The van der Waals surface area contributed by atoms with Gasteiger partial charge < -0.3 is 14.6 Å². The van der Waals surface area contributed by atoms with Crippen LogP contribution in [0.2, 0.25) is 0 Å². The van der Waals surface area contributed by atoms with E-state index in [0.717, 1.165) is 128 Å². The third kappa shape index (κ3) is 69.8. The maximum atomic E-state index is 12.4. The van der Waals surface area contributed by atoms with Crippen LogP contribution in [0.1, 0.15) is 296 Å².